The first-order valence-corrected chi connectivity index (χ1v) is 6.89. The summed E-state index contributed by atoms with van der Waals surface area (Å²) in [6, 6.07) is 3.70. The number of ether oxygens (including phenoxy) is 1. The molecule has 0 unspecified atom stereocenters. The fourth-order valence-electron chi connectivity index (χ4n) is 1.72. The van der Waals surface area contributed by atoms with Crippen LogP contribution in [0.4, 0.5) is 11.4 Å². The van der Waals surface area contributed by atoms with E-state index in [-0.39, 0.29) is 16.9 Å². The van der Waals surface area contributed by atoms with Crippen LogP contribution in [0.15, 0.2) is 18.2 Å². The molecule has 2 N–H and O–H groups in total. The molecule has 0 aliphatic rings. The van der Waals surface area contributed by atoms with Crippen molar-refractivity contribution in [2.45, 2.75) is 26.2 Å². The number of rotatable bonds is 10. The standard InChI is InChI=1S/C14H20N2O5/c1-2-3-8-21-9-4-7-15-12-10-11(14(17)18)5-6-13(12)16(19)20/h5-6,10,15H,2-4,7-9H2,1H3,(H,17,18). The van der Waals surface area contributed by atoms with Crippen molar-refractivity contribution in [2.75, 3.05) is 25.1 Å². The lowest BCUT2D eigenvalue weighted by Gasteiger charge is -2.08. The molecule has 0 heterocycles. The highest BCUT2D eigenvalue weighted by Gasteiger charge is 2.16. The van der Waals surface area contributed by atoms with Gasteiger partial charge < -0.3 is 15.2 Å². The Morgan fingerprint density at radius 2 is 2.10 bits per heavy atom. The lowest BCUT2D eigenvalue weighted by atomic mass is 10.1. The fraction of sp³-hybridized carbons (Fsp3) is 0.500. The molecular formula is C14H20N2O5. The number of carboxylic acids is 1. The van der Waals surface area contributed by atoms with E-state index in [0.717, 1.165) is 12.8 Å². The Balaban J connectivity index is 2.53. The predicted molar refractivity (Wildman–Crippen MR) is 78.9 cm³/mol. The predicted octanol–water partition coefficient (Wildman–Crippen LogP) is 2.91. The van der Waals surface area contributed by atoms with Gasteiger partial charge in [-0.05, 0) is 25.0 Å². The van der Waals surface area contributed by atoms with E-state index in [2.05, 4.69) is 12.2 Å². The third kappa shape index (κ3) is 5.78. The quantitative estimate of drug-likeness (QED) is 0.391. The Morgan fingerprint density at radius 1 is 1.38 bits per heavy atom. The SMILES string of the molecule is CCCCOCCCNc1cc(C(=O)O)ccc1[N+](=O)[O-]. The van der Waals surface area contributed by atoms with Crippen LogP contribution in [0, 0.1) is 10.1 Å². The number of carboxylic acid groups (broad SMARTS) is 1. The topological polar surface area (TPSA) is 102 Å². The molecule has 7 nitrogen and oxygen atoms in total. The number of anilines is 1. The van der Waals surface area contributed by atoms with Crippen LogP contribution in [-0.4, -0.2) is 35.8 Å². The van der Waals surface area contributed by atoms with E-state index in [1.165, 1.54) is 18.2 Å². The molecule has 0 spiro atoms. The minimum absolute atomic E-state index is 0.0160. The summed E-state index contributed by atoms with van der Waals surface area (Å²) in [5.41, 5.74) is 0.0997. The third-order valence-electron chi connectivity index (χ3n) is 2.86. The van der Waals surface area contributed by atoms with Crippen LogP contribution in [0.25, 0.3) is 0 Å². The third-order valence-corrected chi connectivity index (χ3v) is 2.86. The molecule has 0 saturated heterocycles. The number of nitrogens with one attached hydrogen (secondary N) is 1. The minimum Gasteiger partial charge on any atom is -0.478 e. The highest BCUT2D eigenvalue weighted by molar-refractivity contribution is 5.90. The maximum absolute atomic E-state index is 10.9. The molecule has 1 aromatic carbocycles. The van der Waals surface area contributed by atoms with Gasteiger partial charge in [-0.15, -0.1) is 0 Å². The molecule has 0 aliphatic carbocycles. The largest absolute Gasteiger partial charge is 0.478 e. The van der Waals surface area contributed by atoms with E-state index in [1.807, 2.05) is 0 Å². The number of nitro benzene ring substituents is 1. The minimum atomic E-state index is -1.11. The van der Waals surface area contributed by atoms with Gasteiger partial charge in [-0.2, -0.15) is 0 Å². The van der Waals surface area contributed by atoms with E-state index in [1.54, 1.807) is 0 Å². The molecule has 0 bridgehead atoms. The Labute approximate surface area is 123 Å². The zero-order valence-electron chi connectivity index (χ0n) is 12.0. The average molecular weight is 296 g/mol. The molecule has 116 valence electrons. The van der Waals surface area contributed by atoms with Gasteiger partial charge in [0.25, 0.3) is 5.69 Å². The molecule has 0 atom stereocenters. The van der Waals surface area contributed by atoms with Crippen LogP contribution in [0.2, 0.25) is 0 Å². The van der Waals surface area contributed by atoms with Gasteiger partial charge in [0.15, 0.2) is 0 Å². The van der Waals surface area contributed by atoms with Gasteiger partial charge in [-0.25, -0.2) is 4.79 Å². The van der Waals surface area contributed by atoms with Crippen molar-refractivity contribution in [3.8, 4) is 0 Å². The second kappa shape index (κ2) is 8.91. The highest BCUT2D eigenvalue weighted by Crippen LogP contribution is 2.25. The number of unbranched alkanes of at least 4 members (excludes halogenated alkanes) is 1. The van der Waals surface area contributed by atoms with Gasteiger partial charge in [0.1, 0.15) is 5.69 Å². The van der Waals surface area contributed by atoms with Crippen LogP contribution >= 0.6 is 0 Å². The summed E-state index contributed by atoms with van der Waals surface area (Å²) in [4.78, 5) is 21.3. The normalized spacial score (nSPS) is 10.3. The Kier molecular flexibility index (Phi) is 7.17. The van der Waals surface area contributed by atoms with Gasteiger partial charge in [0, 0.05) is 25.8 Å². The first-order chi connectivity index (χ1) is 10.1. The van der Waals surface area contributed by atoms with Crippen LogP contribution < -0.4 is 5.32 Å². The van der Waals surface area contributed by atoms with E-state index < -0.39 is 10.9 Å². The maximum atomic E-state index is 10.9. The Hall–Kier alpha value is -2.15. The Bertz CT molecular complexity index is 490. The zero-order chi connectivity index (χ0) is 15.7. The van der Waals surface area contributed by atoms with Crippen molar-refractivity contribution in [3.63, 3.8) is 0 Å². The number of benzene rings is 1. The summed E-state index contributed by atoms with van der Waals surface area (Å²) < 4.78 is 5.38. The fourth-order valence-corrected chi connectivity index (χ4v) is 1.72. The molecule has 0 saturated carbocycles. The van der Waals surface area contributed by atoms with Crippen LogP contribution in [0.1, 0.15) is 36.5 Å². The van der Waals surface area contributed by atoms with Crippen molar-refractivity contribution in [2.24, 2.45) is 0 Å². The van der Waals surface area contributed by atoms with E-state index in [9.17, 15) is 14.9 Å². The number of aromatic carboxylic acids is 1. The van der Waals surface area contributed by atoms with Crippen molar-refractivity contribution < 1.29 is 19.6 Å². The number of hydrogen-bond donors (Lipinski definition) is 2. The van der Waals surface area contributed by atoms with Crippen molar-refractivity contribution in [1.29, 1.82) is 0 Å². The van der Waals surface area contributed by atoms with E-state index in [4.69, 9.17) is 9.84 Å². The van der Waals surface area contributed by atoms with Gasteiger partial charge >= 0.3 is 5.97 Å². The maximum Gasteiger partial charge on any atom is 0.335 e. The summed E-state index contributed by atoms with van der Waals surface area (Å²) in [6.07, 6.45) is 2.78. The first-order valence-electron chi connectivity index (χ1n) is 6.89. The summed E-state index contributed by atoms with van der Waals surface area (Å²) in [6.45, 7) is 3.85. The number of nitro groups is 1. The van der Waals surface area contributed by atoms with Gasteiger partial charge in [-0.3, -0.25) is 10.1 Å². The highest BCUT2D eigenvalue weighted by atomic mass is 16.6. The van der Waals surface area contributed by atoms with Crippen LogP contribution in [0.5, 0.6) is 0 Å². The van der Waals surface area contributed by atoms with Crippen molar-refractivity contribution >= 4 is 17.3 Å². The lowest BCUT2D eigenvalue weighted by molar-refractivity contribution is -0.384. The Morgan fingerprint density at radius 3 is 2.71 bits per heavy atom. The van der Waals surface area contributed by atoms with Crippen LogP contribution in [0.3, 0.4) is 0 Å². The van der Waals surface area contributed by atoms with E-state index in [0.29, 0.717) is 26.2 Å². The molecule has 1 aromatic rings. The average Bonchev–Trinajstić information content (AvgIpc) is 2.45. The second-order valence-electron chi connectivity index (χ2n) is 4.54. The van der Waals surface area contributed by atoms with Crippen molar-refractivity contribution in [3.05, 3.63) is 33.9 Å². The molecule has 0 fully saturated rings. The van der Waals surface area contributed by atoms with Gasteiger partial charge in [0.05, 0.1) is 10.5 Å². The molecule has 0 radical (unpaired) electrons. The summed E-state index contributed by atoms with van der Waals surface area (Å²) in [5, 5.41) is 22.7. The number of carbonyl (C=O) groups is 1. The van der Waals surface area contributed by atoms with Crippen molar-refractivity contribution in [1.82, 2.24) is 0 Å². The lowest BCUT2D eigenvalue weighted by Crippen LogP contribution is -2.09. The molecule has 21 heavy (non-hydrogen) atoms. The molecule has 7 heteroatoms. The van der Waals surface area contributed by atoms with Gasteiger partial charge in [0.2, 0.25) is 0 Å². The summed E-state index contributed by atoms with van der Waals surface area (Å²) >= 11 is 0. The molecule has 0 aliphatic heterocycles. The summed E-state index contributed by atoms with van der Waals surface area (Å²) in [7, 11) is 0. The second-order valence-corrected chi connectivity index (χ2v) is 4.54. The molecule has 1 rings (SSSR count). The van der Waals surface area contributed by atoms with Gasteiger partial charge in [-0.1, -0.05) is 13.3 Å². The molecule has 0 amide bonds. The number of hydrogen-bond acceptors (Lipinski definition) is 5. The monoisotopic (exact) mass is 296 g/mol. The number of nitrogens with zero attached hydrogens (tertiary/aromatic N) is 1. The first kappa shape index (κ1) is 16.9. The van der Waals surface area contributed by atoms with Crippen LogP contribution in [-0.2, 0) is 4.74 Å². The van der Waals surface area contributed by atoms with E-state index >= 15 is 0 Å². The smallest absolute Gasteiger partial charge is 0.335 e. The zero-order valence-corrected chi connectivity index (χ0v) is 12.0. The molecule has 0 aromatic heterocycles. The summed E-state index contributed by atoms with van der Waals surface area (Å²) in [5.74, 6) is -1.11. The molecular weight excluding hydrogens is 276 g/mol.